The summed E-state index contributed by atoms with van der Waals surface area (Å²) in [6, 6.07) is 0. The molecule has 0 aromatic carbocycles. The molecule has 0 amide bonds. The highest BCUT2D eigenvalue weighted by molar-refractivity contribution is 4.85. The molecule has 296 valence electrons. The molecule has 0 aromatic rings. The van der Waals surface area contributed by atoms with Gasteiger partial charge in [0.25, 0.3) is 0 Å². The smallest absolute Gasteiger partial charge is 0.0632 e. The third-order valence-corrected chi connectivity index (χ3v) is 8.78. The van der Waals surface area contributed by atoms with Crippen molar-refractivity contribution in [3.05, 3.63) is 0 Å². The van der Waals surface area contributed by atoms with Crippen LogP contribution >= 0.6 is 0 Å². The van der Waals surface area contributed by atoms with Crippen molar-refractivity contribution in [2.75, 3.05) is 159 Å². The molecule has 19 nitrogen and oxygen atoms in total. The average Bonchev–Trinajstić information content (AvgIpc) is 3.16. The SMILES string of the molecule is OCC(CO)(CO)COCC(CO)(CO)COCC(CO)(CO)COCC(CO)(CO)COCC(CO)(CO)COCC(CO)(CO)CO. The summed E-state index contributed by atoms with van der Waals surface area (Å²) < 4.78 is 27.9. The fraction of sp³-hybridized carbons (Fsp3) is 1.00. The predicted octanol–water partition coefficient (Wildman–Crippen LogP) is -7.12. The summed E-state index contributed by atoms with van der Waals surface area (Å²) >= 11 is 0. The Labute approximate surface area is 286 Å². The van der Waals surface area contributed by atoms with Gasteiger partial charge >= 0.3 is 0 Å². The van der Waals surface area contributed by atoms with Gasteiger partial charge in [0.15, 0.2) is 0 Å². The molecule has 0 heterocycles. The summed E-state index contributed by atoms with van der Waals surface area (Å²) in [5.74, 6) is 0. The van der Waals surface area contributed by atoms with Crippen LogP contribution in [0, 0.1) is 32.5 Å². The molecule has 14 N–H and O–H groups in total. The van der Waals surface area contributed by atoms with E-state index < -0.39 is 125 Å². The van der Waals surface area contributed by atoms with Crippen molar-refractivity contribution >= 4 is 0 Å². The molecular weight excluding hydrogens is 664 g/mol. The summed E-state index contributed by atoms with van der Waals surface area (Å²) in [5.41, 5.74) is -8.25. The molecule has 0 aliphatic rings. The van der Waals surface area contributed by atoms with Crippen LogP contribution in [0.1, 0.15) is 0 Å². The van der Waals surface area contributed by atoms with Crippen LogP contribution in [-0.2, 0) is 23.7 Å². The van der Waals surface area contributed by atoms with Crippen LogP contribution in [0.25, 0.3) is 0 Å². The van der Waals surface area contributed by atoms with Crippen molar-refractivity contribution in [3.8, 4) is 0 Å². The van der Waals surface area contributed by atoms with Crippen molar-refractivity contribution in [2.24, 2.45) is 32.5 Å². The molecule has 0 bridgehead atoms. The van der Waals surface area contributed by atoms with E-state index in [0.29, 0.717) is 0 Å². The minimum absolute atomic E-state index is 0.292. The van der Waals surface area contributed by atoms with Gasteiger partial charge in [0.1, 0.15) is 0 Å². The average molecular weight is 727 g/mol. The molecule has 49 heavy (non-hydrogen) atoms. The fourth-order valence-corrected chi connectivity index (χ4v) is 4.09. The van der Waals surface area contributed by atoms with E-state index in [-0.39, 0.29) is 66.1 Å². The highest BCUT2D eigenvalue weighted by Gasteiger charge is 2.39. The zero-order chi connectivity index (χ0) is 37.5. The predicted molar refractivity (Wildman–Crippen MR) is 168 cm³/mol. The van der Waals surface area contributed by atoms with Crippen LogP contribution in [-0.4, -0.2) is 230 Å². The Morgan fingerprint density at radius 3 is 0.388 bits per heavy atom. The van der Waals surface area contributed by atoms with E-state index in [1.807, 2.05) is 0 Å². The van der Waals surface area contributed by atoms with Gasteiger partial charge in [-0.2, -0.15) is 0 Å². The lowest BCUT2D eigenvalue weighted by molar-refractivity contribution is -0.147. The second kappa shape index (κ2) is 24.5. The molecule has 0 atom stereocenters. The lowest BCUT2D eigenvalue weighted by atomic mass is 9.89. The number of ether oxygens (including phenoxy) is 5. The van der Waals surface area contributed by atoms with Crippen LogP contribution in [0.4, 0.5) is 0 Å². The minimum atomic E-state index is -1.41. The van der Waals surface area contributed by atoms with Crippen molar-refractivity contribution in [3.63, 3.8) is 0 Å². The zero-order valence-electron chi connectivity index (χ0n) is 28.3. The van der Waals surface area contributed by atoms with Crippen LogP contribution < -0.4 is 0 Å². The number of hydrogen-bond donors (Lipinski definition) is 14. The van der Waals surface area contributed by atoms with E-state index in [1.54, 1.807) is 0 Å². The third kappa shape index (κ3) is 14.6. The lowest BCUT2D eigenvalue weighted by Gasteiger charge is -2.36. The topological polar surface area (TPSA) is 329 Å². The Morgan fingerprint density at radius 1 is 0.184 bits per heavy atom. The molecule has 0 saturated heterocycles. The van der Waals surface area contributed by atoms with Crippen molar-refractivity contribution < 1.29 is 95.2 Å². The van der Waals surface area contributed by atoms with Gasteiger partial charge in [0, 0.05) is 0 Å². The normalized spacial score (nSPS) is 13.8. The first-order chi connectivity index (χ1) is 23.4. The Hall–Kier alpha value is -0.760. The molecular formula is C30H62O19. The summed E-state index contributed by atoms with van der Waals surface area (Å²) in [6.45, 7) is -11.7. The minimum Gasteiger partial charge on any atom is -0.396 e. The van der Waals surface area contributed by atoms with E-state index in [4.69, 9.17) is 23.7 Å². The van der Waals surface area contributed by atoms with E-state index in [9.17, 15) is 71.5 Å². The largest absolute Gasteiger partial charge is 0.396 e. The van der Waals surface area contributed by atoms with Crippen LogP contribution in [0.5, 0.6) is 0 Å². The molecule has 0 spiro atoms. The molecule has 0 aliphatic heterocycles. The second-order valence-electron chi connectivity index (χ2n) is 13.7. The molecule has 0 rings (SSSR count). The molecule has 0 aliphatic carbocycles. The highest BCUT2D eigenvalue weighted by atomic mass is 16.5. The van der Waals surface area contributed by atoms with Gasteiger partial charge in [0.05, 0.1) is 191 Å². The van der Waals surface area contributed by atoms with Gasteiger partial charge in [0.2, 0.25) is 0 Å². The third-order valence-electron chi connectivity index (χ3n) is 8.78. The summed E-state index contributed by atoms with van der Waals surface area (Å²) in [4.78, 5) is 0. The molecule has 0 fully saturated rings. The van der Waals surface area contributed by atoms with Crippen molar-refractivity contribution in [2.45, 2.75) is 0 Å². The zero-order valence-corrected chi connectivity index (χ0v) is 28.3. The second-order valence-corrected chi connectivity index (χ2v) is 13.7. The Morgan fingerprint density at radius 2 is 0.286 bits per heavy atom. The summed E-state index contributed by atoms with van der Waals surface area (Å²) in [7, 11) is 0. The maximum absolute atomic E-state index is 10.1. The maximum Gasteiger partial charge on any atom is 0.0632 e. The van der Waals surface area contributed by atoms with E-state index in [0.717, 1.165) is 0 Å². The number of rotatable bonds is 34. The standard InChI is InChI=1S/C30H62O19/c31-1-25(2-32,3-33)15-45-17-27(7-37,8-38)19-47-21-29(11-41,12-42)23-49-24-30(13-43,14-44)22-48-20-28(9-39,10-40)18-46-16-26(4-34,5-35)6-36/h31-44H,1-24H2. The first kappa shape index (κ1) is 48.2. The van der Waals surface area contributed by atoms with Crippen LogP contribution in [0.15, 0.2) is 0 Å². The van der Waals surface area contributed by atoms with E-state index in [1.165, 1.54) is 0 Å². The van der Waals surface area contributed by atoms with Gasteiger partial charge in [-0.3, -0.25) is 0 Å². The van der Waals surface area contributed by atoms with E-state index in [2.05, 4.69) is 0 Å². The van der Waals surface area contributed by atoms with Gasteiger partial charge in [-0.05, 0) is 0 Å². The molecule has 0 unspecified atom stereocenters. The molecule has 0 saturated carbocycles. The maximum atomic E-state index is 10.1. The number of aliphatic hydroxyl groups is 14. The molecule has 19 heteroatoms. The highest BCUT2D eigenvalue weighted by Crippen LogP contribution is 2.27. The Balaban J connectivity index is 5.30. The lowest BCUT2D eigenvalue weighted by Crippen LogP contribution is -2.47. The first-order valence-electron chi connectivity index (χ1n) is 15.8. The van der Waals surface area contributed by atoms with Gasteiger partial charge < -0.3 is 95.2 Å². The van der Waals surface area contributed by atoms with Crippen molar-refractivity contribution in [1.82, 2.24) is 0 Å². The quantitative estimate of drug-likeness (QED) is 0.0293. The number of hydrogen-bond acceptors (Lipinski definition) is 19. The van der Waals surface area contributed by atoms with Gasteiger partial charge in [-0.25, -0.2) is 0 Å². The fourth-order valence-electron chi connectivity index (χ4n) is 4.09. The van der Waals surface area contributed by atoms with E-state index >= 15 is 0 Å². The summed E-state index contributed by atoms with van der Waals surface area (Å²) in [5, 5.41) is 137. The Bertz CT molecular complexity index is 714. The van der Waals surface area contributed by atoms with Crippen LogP contribution in [0.2, 0.25) is 0 Å². The van der Waals surface area contributed by atoms with Crippen molar-refractivity contribution in [1.29, 1.82) is 0 Å². The molecule has 0 aromatic heterocycles. The summed E-state index contributed by atoms with van der Waals surface area (Å²) in [6.07, 6.45) is 0. The first-order valence-corrected chi connectivity index (χ1v) is 15.8. The number of aliphatic hydroxyl groups excluding tert-OH is 14. The van der Waals surface area contributed by atoms with Gasteiger partial charge in [-0.1, -0.05) is 0 Å². The Kier molecular flexibility index (Phi) is 24.1. The van der Waals surface area contributed by atoms with Crippen LogP contribution in [0.3, 0.4) is 0 Å². The monoisotopic (exact) mass is 726 g/mol. The molecule has 0 radical (unpaired) electrons. The van der Waals surface area contributed by atoms with Gasteiger partial charge in [-0.15, -0.1) is 0 Å².